The number of amides is 3. The Hall–Kier alpha value is -4.34. The van der Waals surface area contributed by atoms with E-state index >= 15 is 0 Å². The van der Waals surface area contributed by atoms with Crippen molar-refractivity contribution >= 4 is 17.7 Å². The predicted molar refractivity (Wildman–Crippen MR) is 160 cm³/mol. The van der Waals surface area contributed by atoms with E-state index in [0.29, 0.717) is 58.7 Å². The van der Waals surface area contributed by atoms with Gasteiger partial charge in [-0.05, 0) is 66.6 Å². The molecule has 0 spiro atoms. The van der Waals surface area contributed by atoms with Crippen LogP contribution in [0, 0.1) is 0 Å². The molecule has 3 amide bonds. The maximum Gasteiger partial charge on any atom is 0.243 e. The molecule has 0 radical (unpaired) electrons. The third kappa shape index (κ3) is 6.84. The lowest BCUT2D eigenvalue weighted by Gasteiger charge is -2.38. The number of fused-ring (bicyclic) bond motifs is 8. The Morgan fingerprint density at radius 3 is 2.60 bits per heavy atom. The zero-order valence-corrected chi connectivity index (χ0v) is 24.5. The van der Waals surface area contributed by atoms with Crippen molar-refractivity contribution in [2.24, 2.45) is 0 Å². The third-order valence-electron chi connectivity index (χ3n) is 8.54. The van der Waals surface area contributed by atoms with Gasteiger partial charge < -0.3 is 28.7 Å². The van der Waals surface area contributed by atoms with E-state index in [2.05, 4.69) is 17.1 Å². The topological polar surface area (TPSA) is 97.2 Å². The lowest BCUT2D eigenvalue weighted by atomic mass is 9.87. The molecule has 43 heavy (non-hydrogen) atoms. The van der Waals surface area contributed by atoms with Crippen LogP contribution in [0.5, 0.6) is 11.5 Å². The first-order chi connectivity index (χ1) is 21.0. The van der Waals surface area contributed by atoms with Gasteiger partial charge in [0.2, 0.25) is 17.7 Å². The van der Waals surface area contributed by atoms with Gasteiger partial charge in [-0.3, -0.25) is 14.4 Å². The van der Waals surface area contributed by atoms with Gasteiger partial charge in [-0.15, -0.1) is 0 Å². The molecule has 4 aliphatic rings. The minimum Gasteiger partial charge on any atom is -0.494 e. The maximum atomic E-state index is 13.5. The van der Waals surface area contributed by atoms with E-state index in [1.807, 2.05) is 35.2 Å². The molecule has 1 saturated heterocycles. The van der Waals surface area contributed by atoms with Gasteiger partial charge in [0.1, 0.15) is 24.7 Å². The van der Waals surface area contributed by atoms with Crippen LogP contribution in [-0.4, -0.2) is 87.9 Å². The SMILES string of the molecule is O=C(CN1CCCCCC1=O)N1CCCOc2cccc(c2)C2c3ccc(cc3CCN2C(=O)Cn2ccnc2)OCC1. The van der Waals surface area contributed by atoms with Crippen LogP contribution in [0.3, 0.4) is 0 Å². The molecule has 226 valence electrons. The summed E-state index contributed by atoms with van der Waals surface area (Å²) in [7, 11) is 0. The molecular formula is C33H39N5O5. The fourth-order valence-corrected chi connectivity index (χ4v) is 6.27. The minimum absolute atomic E-state index is 0.0290. The molecule has 1 atom stereocenters. The summed E-state index contributed by atoms with van der Waals surface area (Å²) in [5.41, 5.74) is 3.19. The standard InChI is InChI=1S/C33H39N5O5/c39-30-8-2-1-3-13-37(30)23-31(40)36-14-5-18-42-27-7-4-6-26(21-27)33-29-10-9-28(43-19-17-36)20-25(29)11-15-38(33)32(41)22-35-16-12-34-24-35/h4,6-7,9-10,12,16,20-21,24,33H,1-3,5,8,11,13-15,17-19,22-23H2. The van der Waals surface area contributed by atoms with Crippen molar-refractivity contribution in [3.63, 3.8) is 0 Å². The number of nitrogens with zero attached hydrogens (tertiary/aromatic N) is 5. The average molecular weight is 586 g/mol. The first kappa shape index (κ1) is 28.8. The molecule has 0 N–H and O–H groups in total. The first-order valence-electron chi connectivity index (χ1n) is 15.3. The molecule has 0 saturated carbocycles. The van der Waals surface area contributed by atoms with Crippen LogP contribution < -0.4 is 9.47 Å². The molecule has 7 rings (SSSR count). The molecule has 2 aromatic carbocycles. The molecule has 10 heteroatoms. The lowest BCUT2D eigenvalue weighted by Crippen LogP contribution is -2.44. The van der Waals surface area contributed by atoms with E-state index in [0.717, 1.165) is 47.5 Å². The van der Waals surface area contributed by atoms with Crippen molar-refractivity contribution in [2.45, 2.75) is 51.1 Å². The van der Waals surface area contributed by atoms with Crippen molar-refractivity contribution in [3.05, 3.63) is 77.9 Å². The highest BCUT2D eigenvalue weighted by atomic mass is 16.5. The number of carbonyl (C=O) groups excluding carboxylic acids is 3. The van der Waals surface area contributed by atoms with Gasteiger partial charge in [-0.1, -0.05) is 24.6 Å². The second-order valence-corrected chi connectivity index (χ2v) is 11.5. The number of hydrogen-bond acceptors (Lipinski definition) is 6. The maximum absolute atomic E-state index is 13.5. The van der Waals surface area contributed by atoms with E-state index in [9.17, 15) is 14.4 Å². The summed E-state index contributed by atoms with van der Waals surface area (Å²) in [6.07, 6.45) is 9.86. The molecule has 1 unspecified atom stereocenters. The van der Waals surface area contributed by atoms with E-state index in [4.69, 9.17) is 9.47 Å². The molecule has 4 aliphatic heterocycles. The molecule has 5 heterocycles. The van der Waals surface area contributed by atoms with Gasteiger partial charge in [0.25, 0.3) is 0 Å². The smallest absolute Gasteiger partial charge is 0.243 e. The highest BCUT2D eigenvalue weighted by molar-refractivity contribution is 5.85. The van der Waals surface area contributed by atoms with Crippen LogP contribution in [0.1, 0.15) is 54.8 Å². The number of rotatable bonds is 4. The molecule has 1 fully saturated rings. The summed E-state index contributed by atoms with van der Waals surface area (Å²) in [4.78, 5) is 49.0. The Morgan fingerprint density at radius 2 is 1.72 bits per heavy atom. The third-order valence-corrected chi connectivity index (χ3v) is 8.54. The van der Waals surface area contributed by atoms with E-state index in [-0.39, 0.29) is 36.9 Å². The van der Waals surface area contributed by atoms with Crippen molar-refractivity contribution in [3.8, 4) is 11.5 Å². The Labute approximate surface area is 252 Å². The van der Waals surface area contributed by atoms with Crippen molar-refractivity contribution in [1.82, 2.24) is 24.3 Å². The second kappa shape index (κ2) is 13.3. The number of aromatic nitrogens is 2. The average Bonchev–Trinajstić information content (AvgIpc) is 3.44. The molecule has 6 bridgehead atoms. The normalized spacial score (nSPS) is 19.4. The predicted octanol–water partition coefficient (Wildman–Crippen LogP) is 3.45. The summed E-state index contributed by atoms with van der Waals surface area (Å²) in [6.45, 7) is 3.26. The van der Waals surface area contributed by atoms with E-state index in [1.165, 1.54) is 0 Å². The first-order valence-corrected chi connectivity index (χ1v) is 15.3. The Kier molecular flexibility index (Phi) is 8.91. The minimum atomic E-state index is -0.250. The lowest BCUT2D eigenvalue weighted by molar-refractivity contribution is -0.140. The van der Waals surface area contributed by atoms with Crippen LogP contribution in [-0.2, 0) is 27.3 Å². The van der Waals surface area contributed by atoms with E-state index < -0.39 is 0 Å². The van der Waals surface area contributed by atoms with Gasteiger partial charge in [-0.25, -0.2) is 4.98 Å². The summed E-state index contributed by atoms with van der Waals surface area (Å²) in [5, 5.41) is 0. The van der Waals surface area contributed by atoms with Crippen molar-refractivity contribution in [1.29, 1.82) is 0 Å². The zero-order chi connectivity index (χ0) is 29.6. The Morgan fingerprint density at radius 1 is 0.837 bits per heavy atom. The monoisotopic (exact) mass is 585 g/mol. The quantitative estimate of drug-likeness (QED) is 0.466. The summed E-state index contributed by atoms with van der Waals surface area (Å²) in [5.74, 6) is 1.51. The van der Waals surface area contributed by atoms with Crippen LogP contribution in [0.2, 0.25) is 0 Å². The molecule has 3 aromatic rings. The van der Waals surface area contributed by atoms with Gasteiger partial charge in [-0.2, -0.15) is 0 Å². The van der Waals surface area contributed by atoms with Crippen LogP contribution >= 0.6 is 0 Å². The fourth-order valence-electron chi connectivity index (χ4n) is 6.27. The van der Waals surface area contributed by atoms with E-state index in [1.54, 1.807) is 33.1 Å². The number of benzene rings is 2. The van der Waals surface area contributed by atoms with Crippen LogP contribution in [0.15, 0.2) is 61.2 Å². The number of hydrogen-bond donors (Lipinski definition) is 0. The van der Waals surface area contributed by atoms with Crippen LogP contribution in [0.4, 0.5) is 0 Å². The van der Waals surface area contributed by atoms with Crippen LogP contribution in [0.25, 0.3) is 0 Å². The summed E-state index contributed by atoms with van der Waals surface area (Å²) < 4.78 is 14.1. The second-order valence-electron chi connectivity index (χ2n) is 11.5. The highest BCUT2D eigenvalue weighted by Gasteiger charge is 2.33. The highest BCUT2D eigenvalue weighted by Crippen LogP contribution is 2.38. The van der Waals surface area contributed by atoms with Gasteiger partial charge in [0, 0.05) is 38.4 Å². The zero-order valence-electron chi connectivity index (χ0n) is 24.5. The largest absolute Gasteiger partial charge is 0.494 e. The molecule has 1 aromatic heterocycles. The fraction of sp³-hybridized carbons (Fsp3) is 0.455. The van der Waals surface area contributed by atoms with Crippen molar-refractivity contribution in [2.75, 3.05) is 45.9 Å². The molecule has 0 aliphatic carbocycles. The molecule has 10 nitrogen and oxygen atoms in total. The number of carbonyl (C=O) groups is 3. The van der Waals surface area contributed by atoms with Gasteiger partial charge in [0.15, 0.2) is 0 Å². The van der Waals surface area contributed by atoms with Gasteiger partial charge in [0.05, 0.1) is 32.1 Å². The van der Waals surface area contributed by atoms with Crippen molar-refractivity contribution < 1.29 is 23.9 Å². The number of imidazole rings is 1. The summed E-state index contributed by atoms with van der Waals surface area (Å²) >= 11 is 0. The number of likely N-dealkylation sites (tertiary alicyclic amines) is 1. The summed E-state index contributed by atoms with van der Waals surface area (Å²) in [6, 6.07) is 13.8. The molecular weight excluding hydrogens is 546 g/mol. The van der Waals surface area contributed by atoms with Gasteiger partial charge >= 0.3 is 0 Å². The number of ether oxygens (including phenoxy) is 2. The Balaban J connectivity index is 1.23. The Bertz CT molecular complexity index is 1440.